The number of ketones is 1. The number of hydrogen-bond donors (Lipinski definition) is 1. The van der Waals surface area contributed by atoms with Crippen LogP contribution in [0, 0.1) is 0 Å². The van der Waals surface area contributed by atoms with Crippen molar-refractivity contribution in [1.29, 1.82) is 0 Å². The Labute approximate surface area is 167 Å². The normalized spacial score (nSPS) is 12.9. The molecule has 27 heavy (non-hydrogen) atoms. The van der Waals surface area contributed by atoms with E-state index in [1.54, 1.807) is 33.8 Å². The average molecular weight is 382 g/mol. The second-order valence-electron chi connectivity index (χ2n) is 8.50. The van der Waals surface area contributed by atoms with Crippen molar-refractivity contribution in [3.63, 3.8) is 0 Å². The molecule has 0 spiro atoms. The molecule has 0 bridgehead atoms. The van der Waals surface area contributed by atoms with Gasteiger partial charge >= 0.3 is 6.09 Å². The van der Waals surface area contributed by atoms with E-state index in [1.807, 2.05) is 6.08 Å². The van der Waals surface area contributed by atoms with Gasteiger partial charge in [0.25, 0.3) is 0 Å². The largest absolute Gasteiger partial charge is 0.444 e. The van der Waals surface area contributed by atoms with Crippen molar-refractivity contribution in [2.24, 2.45) is 0 Å². The molecule has 1 atom stereocenters. The summed E-state index contributed by atoms with van der Waals surface area (Å²) in [6.45, 7) is 9.33. The van der Waals surface area contributed by atoms with Crippen molar-refractivity contribution in [2.45, 2.75) is 123 Å². The van der Waals surface area contributed by atoms with Gasteiger partial charge in [-0.1, -0.05) is 77.2 Å². The van der Waals surface area contributed by atoms with Gasteiger partial charge < -0.3 is 10.1 Å². The molecule has 0 aromatic heterocycles. The van der Waals surface area contributed by atoms with Crippen LogP contribution in [0.1, 0.15) is 112 Å². The minimum atomic E-state index is -0.562. The van der Waals surface area contributed by atoms with Crippen LogP contribution in [0.15, 0.2) is 12.2 Å². The highest BCUT2D eigenvalue weighted by Crippen LogP contribution is 2.12. The molecule has 1 N–H and O–H groups in total. The van der Waals surface area contributed by atoms with Crippen molar-refractivity contribution in [3.05, 3.63) is 12.2 Å². The van der Waals surface area contributed by atoms with Gasteiger partial charge in [0, 0.05) is 0 Å². The molecule has 1 unspecified atom stereocenters. The van der Waals surface area contributed by atoms with Crippen LogP contribution in [0.5, 0.6) is 0 Å². The molecule has 0 aromatic rings. The van der Waals surface area contributed by atoms with Gasteiger partial charge in [-0.25, -0.2) is 4.79 Å². The van der Waals surface area contributed by atoms with Crippen LogP contribution in [-0.4, -0.2) is 23.5 Å². The molecule has 0 rings (SSSR count). The molecule has 1 amide bonds. The van der Waals surface area contributed by atoms with E-state index in [9.17, 15) is 9.59 Å². The van der Waals surface area contributed by atoms with Crippen molar-refractivity contribution < 1.29 is 14.3 Å². The molecule has 0 heterocycles. The standard InChI is InChI=1S/C23H43NO3/c1-6-7-8-9-10-11-12-13-14-15-16-17-18-19-21(25)20(2)24-22(26)27-23(3,4)5/h18-20H,6-17H2,1-5H3,(H,24,26). The number of rotatable bonds is 15. The summed E-state index contributed by atoms with van der Waals surface area (Å²) >= 11 is 0. The van der Waals surface area contributed by atoms with Gasteiger partial charge in [-0.15, -0.1) is 0 Å². The van der Waals surface area contributed by atoms with Crippen LogP contribution in [0.4, 0.5) is 4.79 Å². The molecule has 0 aromatic carbocycles. The van der Waals surface area contributed by atoms with Gasteiger partial charge in [-0.2, -0.15) is 0 Å². The van der Waals surface area contributed by atoms with Crippen LogP contribution < -0.4 is 5.32 Å². The summed E-state index contributed by atoms with van der Waals surface area (Å²) < 4.78 is 5.15. The summed E-state index contributed by atoms with van der Waals surface area (Å²) in [5.74, 6) is -0.0936. The van der Waals surface area contributed by atoms with Gasteiger partial charge in [-0.3, -0.25) is 4.79 Å². The Morgan fingerprint density at radius 1 is 0.889 bits per heavy atom. The fourth-order valence-corrected chi connectivity index (χ4v) is 2.83. The van der Waals surface area contributed by atoms with Crippen LogP contribution in [0.25, 0.3) is 0 Å². The third-order valence-electron chi connectivity index (χ3n) is 4.42. The highest BCUT2D eigenvalue weighted by atomic mass is 16.6. The number of ether oxygens (including phenoxy) is 1. The number of allylic oxidation sites excluding steroid dienone is 1. The first kappa shape index (κ1) is 25.7. The third-order valence-corrected chi connectivity index (χ3v) is 4.42. The topological polar surface area (TPSA) is 55.4 Å². The molecule has 158 valence electrons. The van der Waals surface area contributed by atoms with E-state index in [2.05, 4.69) is 12.2 Å². The molecule has 0 aliphatic rings. The van der Waals surface area contributed by atoms with Crippen molar-refractivity contribution in [1.82, 2.24) is 5.32 Å². The number of carbonyl (C=O) groups is 2. The Balaban J connectivity index is 3.62. The first-order valence-electron chi connectivity index (χ1n) is 11.0. The lowest BCUT2D eigenvalue weighted by Gasteiger charge is -2.21. The van der Waals surface area contributed by atoms with Crippen LogP contribution in [0.2, 0.25) is 0 Å². The molecule has 0 fully saturated rings. The van der Waals surface area contributed by atoms with E-state index in [4.69, 9.17) is 4.74 Å². The summed E-state index contributed by atoms with van der Waals surface area (Å²) in [6, 6.07) is -0.562. The van der Waals surface area contributed by atoms with Crippen molar-refractivity contribution in [3.8, 4) is 0 Å². The smallest absolute Gasteiger partial charge is 0.408 e. The number of unbranched alkanes of at least 4 members (excludes halogenated alkanes) is 11. The molecule has 0 saturated carbocycles. The molecule has 4 heteroatoms. The minimum Gasteiger partial charge on any atom is -0.444 e. The fourth-order valence-electron chi connectivity index (χ4n) is 2.83. The maximum Gasteiger partial charge on any atom is 0.408 e. The first-order valence-corrected chi connectivity index (χ1v) is 11.0. The van der Waals surface area contributed by atoms with E-state index in [0.717, 1.165) is 12.8 Å². The predicted octanol–water partition coefficient (Wildman–Crippen LogP) is 6.73. The maximum absolute atomic E-state index is 12.0. The summed E-state index contributed by atoms with van der Waals surface area (Å²) in [4.78, 5) is 23.6. The van der Waals surface area contributed by atoms with Gasteiger partial charge in [0.15, 0.2) is 5.78 Å². The van der Waals surface area contributed by atoms with Gasteiger partial charge in [0.1, 0.15) is 5.60 Å². The van der Waals surface area contributed by atoms with Crippen LogP contribution >= 0.6 is 0 Å². The Kier molecular flexibility index (Phi) is 14.9. The highest BCUT2D eigenvalue weighted by molar-refractivity contribution is 5.95. The van der Waals surface area contributed by atoms with Gasteiger partial charge in [0.05, 0.1) is 6.04 Å². The van der Waals surface area contributed by atoms with Crippen LogP contribution in [0.3, 0.4) is 0 Å². The Morgan fingerprint density at radius 3 is 1.85 bits per heavy atom. The Bertz CT molecular complexity index is 424. The summed E-state index contributed by atoms with van der Waals surface area (Å²) in [5, 5.41) is 2.57. The molecule has 0 aliphatic heterocycles. The number of alkyl carbamates (subject to hydrolysis) is 1. The van der Waals surface area contributed by atoms with Crippen molar-refractivity contribution in [2.75, 3.05) is 0 Å². The summed E-state index contributed by atoms with van der Waals surface area (Å²) in [6.07, 6.45) is 18.4. The molecule has 0 radical (unpaired) electrons. The number of amides is 1. The quantitative estimate of drug-likeness (QED) is 0.253. The van der Waals surface area contributed by atoms with E-state index >= 15 is 0 Å². The predicted molar refractivity (Wildman–Crippen MR) is 114 cm³/mol. The van der Waals surface area contributed by atoms with E-state index < -0.39 is 17.7 Å². The lowest BCUT2D eigenvalue weighted by Crippen LogP contribution is -2.41. The van der Waals surface area contributed by atoms with E-state index in [1.165, 1.54) is 64.2 Å². The monoisotopic (exact) mass is 381 g/mol. The third kappa shape index (κ3) is 17.8. The van der Waals surface area contributed by atoms with E-state index in [-0.39, 0.29) is 5.78 Å². The summed E-state index contributed by atoms with van der Waals surface area (Å²) in [7, 11) is 0. The number of nitrogens with one attached hydrogen (secondary N) is 1. The van der Waals surface area contributed by atoms with Crippen LogP contribution in [-0.2, 0) is 9.53 Å². The molecule has 4 nitrogen and oxygen atoms in total. The van der Waals surface area contributed by atoms with E-state index in [0.29, 0.717) is 0 Å². The molecule has 0 saturated heterocycles. The van der Waals surface area contributed by atoms with Gasteiger partial charge in [-0.05, 0) is 46.6 Å². The fraction of sp³-hybridized carbons (Fsp3) is 0.826. The average Bonchev–Trinajstić information content (AvgIpc) is 2.57. The zero-order valence-corrected chi connectivity index (χ0v) is 18.4. The second-order valence-corrected chi connectivity index (χ2v) is 8.50. The number of carbonyl (C=O) groups excluding carboxylic acids is 2. The highest BCUT2D eigenvalue weighted by Gasteiger charge is 2.19. The Hall–Kier alpha value is -1.32. The van der Waals surface area contributed by atoms with Crippen molar-refractivity contribution >= 4 is 11.9 Å². The molecule has 0 aliphatic carbocycles. The maximum atomic E-state index is 12.0. The minimum absolute atomic E-state index is 0.0936. The summed E-state index contributed by atoms with van der Waals surface area (Å²) in [5.41, 5.74) is -0.558. The number of hydrogen-bond acceptors (Lipinski definition) is 3. The van der Waals surface area contributed by atoms with Gasteiger partial charge in [0.2, 0.25) is 0 Å². The Morgan fingerprint density at radius 2 is 1.37 bits per heavy atom. The first-order chi connectivity index (χ1) is 12.8. The zero-order chi connectivity index (χ0) is 20.5. The zero-order valence-electron chi connectivity index (χ0n) is 18.4. The second kappa shape index (κ2) is 15.7. The molecular formula is C23H43NO3. The lowest BCUT2D eigenvalue weighted by molar-refractivity contribution is -0.116. The molecular weight excluding hydrogens is 338 g/mol. The SMILES string of the molecule is CCCCCCCCCCCCCC=CC(=O)C(C)NC(=O)OC(C)(C)C. The lowest BCUT2D eigenvalue weighted by atomic mass is 10.1.